The lowest BCUT2D eigenvalue weighted by molar-refractivity contribution is -0.136. The van der Waals surface area contributed by atoms with Crippen LogP contribution in [-0.2, 0) is 15.3 Å². The van der Waals surface area contributed by atoms with Crippen molar-refractivity contribution in [1.82, 2.24) is 0 Å². The first kappa shape index (κ1) is 12.4. The Morgan fingerprint density at radius 2 is 2.05 bits per heavy atom. The SMILES string of the molecule is C=C[C@]1(c2ccc3ccccc3c2)OC[C@@H](CC)O1. The molecule has 1 saturated heterocycles. The average molecular weight is 254 g/mol. The van der Waals surface area contributed by atoms with Crippen LogP contribution < -0.4 is 0 Å². The summed E-state index contributed by atoms with van der Waals surface area (Å²) in [6.45, 7) is 6.62. The molecule has 2 atom stereocenters. The van der Waals surface area contributed by atoms with Crippen LogP contribution in [-0.4, -0.2) is 12.7 Å². The molecule has 1 aliphatic rings. The summed E-state index contributed by atoms with van der Waals surface area (Å²) in [5.41, 5.74) is 1.01. The summed E-state index contributed by atoms with van der Waals surface area (Å²) in [7, 11) is 0. The van der Waals surface area contributed by atoms with Gasteiger partial charge < -0.3 is 9.47 Å². The van der Waals surface area contributed by atoms with Crippen LogP contribution in [0, 0.1) is 0 Å². The largest absolute Gasteiger partial charge is 0.340 e. The predicted molar refractivity (Wildman–Crippen MR) is 76.9 cm³/mol. The summed E-state index contributed by atoms with van der Waals surface area (Å²) in [6, 6.07) is 14.6. The molecule has 98 valence electrons. The number of rotatable bonds is 3. The molecule has 0 amide bonds. The van der Waals surface area contributed by atoms with Crippen LogP contribution >= 0.6 is 0 Å². The van der Waals surface area contributed by atoms with Gasteiger partial charge in [0.2, 0.25) is 5.79 Å². The first-order chi connectivity index (χ1) is 9.27. The highest BCUT2D eigenvalue weighted by molar-refractivity contribution is 5.83. The molecule has 19 heavy (non-hydrogen) atoms. The molecule has 0 saturated carbocycles. The highest BCUT2D eigenvalue weighted by Crippen LogP contribution is 2.37. The highest BCUT2D eigenvalue weighted by Gasteiger charge is 2.40. The van der Waals surface area contributed by atoms with Crippen molar-refractivity contribution in [3.63, 3.8) is 0 Å². The van der Waals surface area contributed by atoms with E-state index in [1.807, 2.05) is 12.1 Å². The van der Waals surface area contributed by atoms with E-state index in [9.17, 15) is 0 Å². The predicted octanol–water partition coefficient (Wildman–Crippen LogP) is 4.00. The molecule has 3 rings (SSSR count). The van der Waals surface area contributed by atoms with Gasteiger partial charge in [0, 0.05) is 5.56 Å². The van der Waals surface area contributed by atoms with Crippen molar-refractivity contribution in [2.75, 3.05) is 6.61 Å². The molecule has 0 N–H and O–H groups in total. The van der Waals surface area contributed by atoms with Crippen LogP contribution in [0.4, 0.5) is 0 Å². The lowest BCUT2D eigenvalue weighted by Crippen LogP contribution is -2.25. The van der Waals surface area contributed by atoms with Crippen molar-refractivity contribution >= 4 is 10.8 Å². The number of ether oxygens (including phenoxy) is 2. The standard InChI is InChI=1S/C17H18O2/c1-3-16-12-18-17(4-2,19-16)15-10-9-13-7-5-6-8-14(13)11-15/h4-11,16H,2-3,12H2,1H3/t16-,17+/m1/s1. The van der Waals surface area contributed by atoms with Gasteiger partial charge in [-0.3, -0.25) is 0 Å². The summed E-state index contributed by atoms with van der Waals surface area (Å²) < 4.78 is 11.9. The Morgan fingerprint density at radius 1 is 1.26 bits per heavy atom. The Labute approximate surface area is 113 Å². The van der Waals surface area contributed by atoms with Crippen molar-refractivity contribution < 1.29 is 9.47 Å². The monoisotopic (exact) mass is 254 g/mol. The molecule has 1 heterocycles. The van der Waals surface area contributed by atoms with Gasteiger partial charge in [-0.05, 0) is 29.3 Å². The molecule has 2 heteroatoms. The second kappa shape index (κ2) is 4.80. The van der Waals surface area contributed by atoms with Crippen molar-refractivity contribution in [2.24, 2.45) is 0 Å². The maximum absolute atomic E-state index is 6.04. The number of hydrogen-bond donors (Lipinski definition) is 0. The lowest BCUT2D eigenvalue weighted by Gasteiger charge is -2.25. The van der Waals surface area contributed by atoms with Gasteiger partial charge in [0.05, 0.1) is 12.7 Å². The molecule has 2 aromatic carbocycles. The van der Waals surface area contributed by atoms with Crippen LogP contribution in [0.1, 0.15) is 18.9 Å². The Kier molecular flexibility index (Phi) is 3.13. The van der Waals surface area contributed by atoms with Crippen LogP contribution in [0.5, 0.6) is 0 Å². The third-order valence-corrected chi connectivity index (χ3v) is 3.70. The normalized spacial score (nSPS) is 26.7. The molecule has 2 aromatic rings. The van der Waals surface area contributed by atoms with E-state index >= 15 is 0 Å². The van der Waals surface area contributed by atoms with Gasteiger partial charge in [0.25, 0.3) is 0 Å². The van der Waals surface area contributed by atoms with Gasteiger partial charge in [-0.1, -0.05) is 49.9 Å². The van der Waals surface area contributed by atoms with Crippen molar-refractivity contribution in [3.05, 3.63) is 60.7 Å². The quantitative estimate of drug-likeness (QED) is 0.771. The van der Waals surface area contributed by atoms with E-state index in [-0.39, 0.29) is 6.10 Å². The Hall–Kier alpha value is -1.64. The minimum atomic E-state index is -0.787. The van der Waals surface area contributed by atoms with Gasteiger partial charge >= 0.3 is 0 Å². The van der Waals surface area contributed by atoms with E-state index in [1.165, 1.54) is 10.8 Å². The molecule has 2 nitrogen and oxygen atoms in total. The number of benzene rings is 2. The third kappa shape index (κ3) is 2.07. The first-order valence-corrected chi connectivity index (χ1v) is 6.72. The maximum Gasteiger partial charge on any atom is 0.215 e. The van der Waals surface area contributed by atoms with Crippen molar-refractivity contribution in [1.29, 1.82) is 0 Å². The summed E-state index contributed by atoms with van der Waals surface area (Å²) >= 11 is 0. The number of fused-ring (bicyclic) bond motifs is 1. The third-order valence-electron chi connectivity index (χ3n) is 3.70. The molecule has 1 aliphatic heterocycles. The van der Waals surface area contributed by atoms with Gasteiger partial charge in [-0.2, -0.15) is 0 Å². The fourth-order valence-electron chi connectivity index (χ4n) is 2.52. The van der Waals surface area contributed by atoms with Crippen LogP contribution in [0.25, 0.3) is 10.8 Å². The van der Waals surface area contributed by atoms with E-state index in [4.69, 9.17) is 9.47 Å². The molecule has 0 unspecified atom stereocenters. The van der Waals surface area contributed by atoms with E-state index in [2.05, 4.69) is 43.8 Å². The minimum absolute atomic E-state index is 0.143. The molecule has 1 fully saturated rings. The van der Waals surface area contributed by atoms with E-state index in [1.54, 1.807) is 6.08 Å². The maximum atomic E-state index is 6.04. The van der Waals surface area contributed by atoms with E-state index in [0.717, 1.165) is 12.0 Å². The number of hydrogen-bond acceptors (Lipinski definition) is 2. The summed E-state index contributed by atoms with van der Waals surface area (Å²) in [5.74, 6) is -0.787. The van der Waals surface area contributed by atoms with Crippen molar-refractivity contribution in [2.45, 2.75) is 25.2 Å². The smallest absolute Gasteiger partial charge is 0.215 e. The molecule has 0 aliphatic carbocycles. The molecule has 0 spiro atoms. The molecular weight excluding hydrogens is 236 g/mol. The Morgan fingerprint density at radius 3 is 2.74 bits per heavy atom. The highest BCUT2D eigenvalue weighted by atomic mass is 16.7. The van der Waals surface area contributed by atoms with Gasteiger partial charge in [0.1, 0.15) is 0 Å². The van der Waals surface area contributed by atoms with Crippen LogP contribution in [0.15, 0.2) is 55.1 Å². The lowest BCUT2D eigenvalue weighted by atomic mass is 10.0. The summed E-state index contributed by atoms with van der Waals surface area (Å²) in [5, 5.41) is 2.41. The molecule has 0 radical (unpaired) electrons. The zero-order valence-corrected chi connectivity index (χ0v) is 11.1. The summed E-state index contributed by atoms with van der Waals surface area (Å²) in [4.78, 5) is 0. The second-order valence-electron chi connectivity index (χ2n) is 4.89. The zero-order chi connectivity index (χ0) is 13.3. The van der Waals surface area contributed by atoms with Crippen molar-refractivity contribution in [3.8, 4) is 0 Å². The van der Waals surface area contributed by atoms with E-state index in [0.29, 0.717) is 6.61 Å². The topological polar surface area (TPSA) is 18.5 Å². The van der Waals surface area contributed by atoms with Gasteiger partial charge in [-0.25, -0.2) is 0 Å². The Bertz CT molecular complexity index is 605. The zero-order valence-electron chi connectivity index (χ0n) is 11.1. The van der Waals surface area contributed by atoms with Crippen LogP contribution in [0.3, 0.4) is 0 Å². The van der Waals surface area contributed by atoms with Gasteiger partial charge in [0.15, 0.2) is 0 Å². The Balaban J connectivity index is 2.04. The first-order valence-electron chi connectivity index (χ1n) is 6.72. The fraction of sp³-hybridized carbons (Fsp3) is 0.294. The van der Waals surface area contributed by atoms with Crippen LogP contribution in [0.2, 0.25) is 0 Å². The average Bonchev–Trinajstić information content (AvgIpc) is 2.92. The summed E-state index contributed by atoms with van der Waals surface area (Å²) in [6.07, 6.45) is 2.85. The fourth-order valence-corrected chi connectivity index (χ4v) is 2.52. The van der Waals surface area contributed by atoms with Gasteiger partial charge in [-0.15, -0.1) is 0 Å². The molecule has 0 aromatic heterocycles. The van der Waals surface area contributed by atoms with E-state index < -0.39 is 5.79 Å². The second-order valence-corrected chi connectivity index (χ2v) is 4.89. The minimum Gasteiger partial charge on any atom is -0.340 e. The molecular formula is C17H18O2. The molecule has 0 bridgehead atoms.